The van der Waals surface area contributed by atoms with Crippen molar-refractivity contribution >= 4 is 10.9 Å². The largest absolute Gasteiger partial charge is 0.228 e. The minimum atomic E-state index is -0.445. The van der Waals surface area contributed by atoms with Crippen LogP contribution >= 0.6 is 0 Å². The standard InChI is InChI=1S/C57H38N2/c1-3-16-39(17-4-1)40-32-34-41(35-33-40)56-58-54-31-12-9-28-51(54)55(59-56)46-22-14-20-44(37-46)42-18-13-19-43(36-42)45-21-15-25-48(38-45)57(47-23-5-2-6-24-47)52-29-10-7-26-49(52)50-27-8-11-30-53(50)57/h1-38H. The monoisotopic (exact) mass is 750 g/mol. The number of benzene rings is 9. The number of para-hydroxylation sites is 1. The second-order valence-corrected chi connectivity index (χ2v) is 15.3. The van der Waals surface area contributed by atoms with Gasteiger partial charge in [-0.15, -0.1) is 0 Å². The van der Waals surface area contributed by atoms with E-state index in [9.17, 15) is 0 Å². The van der Waals surface area contributed by atoms with Gasteiger partial charge in [0.1, 0.15) is 0 Å². The maximum Gasteiger partial charge on any atom is 0.160 e. The third kappa shape index (κ3) is 5.88. The van der Waals surface area contributed by atoms with Crippen LogP contribution in [0.3, 0.4) is 0 Å². The number of hydrogen-bond acceptors (Lipinski definition) is 2. The zero-order valence-electron chi connectivity index (χ0n) is 32.3. The van der Waals surface area contributed by atoms with Crippen LogP contribution in [-0.2, 0) is 5.41 Å². The molecule has 0 N–H and O–H groups in total. The lowest BCUT2D eigenvalue weighted by Gasteiger charge is -2.34. The second kappa shape index (κ2) is 14.4. The number of aromatic nitrogens is 2. The molecule has 10 aromatic rings. The van der Waals surface area contributed by atoms with Crippen molar-refractivity contribution < 1.29 is 0 Å². The second-order valence-electron chi connectivity index (χ2n) is 15.3. The fourth-order valence-electron chi connectivity index (χ4n) is 9.24. The molecule has 0 spiro atoms. The molecule has 0 bridgehead atoms. The predicted octanol–water partition coefficient (Wildman–Crippen LogP) is 14.3. The van der Waals surface area contributed by atoms with Crippen LogP contribution in [0.15, 0.2) is 231 Å². The van der Waals surface area contributed by atoms with Crippen molar-refractivity contribution in [1.82, 2.24) is 9.97 Å². The average Bonchev–Trinajstić information content (AvgIpc) is 3.63. The highest BCUT2D eigenvalue weighted by Crippen LogP contribution is 2.56. The first-order valence-electron chi connectivity index (χ1n) is 20.2. The van der Waals surface area contributed by atoms with Crippen LogP contribution in [0.25, 0.3) is 78.1 Å². The van der Waals surface area contributed by atoms with E-state index in [-0.39, 0.29) is 0 Å². The Labute approximate surface area is 344 Å². The van der Waals surface area contributed by atoms with Gasteiger partial charge in [-0.3, -0.25) is 0 Å². The van der Waals surface area contributed by atoms with E-state index in [2.05, 4.69) is 218 Å². The van der Waals surface area contributed by atoms with Crippen LogP contribution < -0.4 is 0 Å². The van der Waals surface area contributed by atoms with Crippen LogP contribution in [-0.4, -0.2) is 9.97 Å². The minimum Gasteiger partial charge on any atom is -0.228 e. The van der Waals surface area contributed by atoms with Gasteiger partial charge in [0.25, 0.3) is 0 Å². The van der Waals surface area contributed by atoms with E-state index in [1.807, 2.05) is 12.1 Å². The molecular formula is C57H38N2. The molecule has 0 unspecified atom stereocenters. The van der Waals surface area contributed by atoms with Crippen molar-refractivity contribution in [2.45, 2.75) is 5.41 Å². The normalized spacial score (nSPS) is 12.5. The molecule has 1 heterocycles. The molecule has 2 heteroatoms. The molecule has 0 amide bonds. The van der Waals surface area contributed by atoms with E-state index in [0.717, 1.165) is 38.9 Å². The Morgan fingerprint density at radius 1 is 0.288 bits per heavy atom. The summed E-state index contributed by atoms with van der Waals surface area (Å²) in [6.07, 6.45) is 0. The molecule has 0 saturated heterocycles. The van der Waals surface area contributed by atoms with Gasteiger partial charge in [-0.1, -0.05) is 206 Å². The maximum atomic E-state index is 5.24. The molecule has 1 aliphatic rings. The third-order valence-electron chi connectivity index (χ3n) is 12.0. The molecule has 0 atom stereocenters. The Morgan fingerprint density at radius 3 is 1.42 bits per heavy atom. The van der Waals surface area contributed by atoms with Gasteiger partial charge in [0, 0.05) is 16.5 Å². The highest BCUT2D eigenvalue weighted by molar-refractivity contribution is 5.94. The van der Waals surface area contributed by atoms with Gasteiger partial charge >= 0.3 is 0 Å². The van der Waals surface area contributed by atoms with E-state index in [0.29, 0.717) is 5.82 Å². The molecule has 0 aliphatic heterocycles. The number of rotatable bonds is 7. The van der Waals surface area contributed by atoms with E-state index in [1.54, 1.807) is 0 Å². The van der Waals surface area contributed by atoms with Crippen LogP contribution in [0, 0.1) is 0 Å². The first-order valence-corrected chi connectivity index (χ1v) is 20.2. The Kier molecular flexibility index (Phi) is 8.41. The van der Waals surface area contributed by atoms with E-state index >= 15 is 0 Å². The van der Waals surface area contributed by atoms with Crippen LogP contribution in [0.4, 0.5) is 0 Å². The first kappa shape index (κ1) is 34.6. The zero-order chi connectivity index (χ0) is 39.2. The average molecular weight is 751 g/mol. The zero-order valence-corrected chi connectivity index (χ0v) is 32.3. The molecule has 276 valence electrons. The molecular weight excluding hydrogens is 713 g/mol. The Morgan fingerprint density at radius 2 is 0.746 bits per heavy atom. The van der Waals surface area contributed by atoms with Crippen molar-refractivity contribution in [3.63, 3.8) is 0 Å². The maximum absolute atomic E-state index is 5.24. The van der Waals surface area contributed by atoms with Crippen molar-refractivity contribution in [3.05, 3.63) is 253 Å². The summed E-state index contributed by atoms with van der Waals surface area (Å²) in [5.74, 6) is 0.714. The minimum absolute atomic E-state index is 0.445. The van der Waals surface area contributed by atoms with Gasteiger partial charge in [0.2, 0.25) is 0 Å². The molecule has 59 heavy (non-hydrogen) atoms. The highest BCUT2D eigenvalue weighted by Gasteiger charge is 2.45. The number of nitrogens with zero attached hydrogens (tertiary/aromatic N) is 2. The summed E-state index contributed by atoms with van der Waals surface area (Å²) in [5, 5.41) is 1.03. The molecule has 11 rings (SSSR count). The Bertz CT molecular complexity index is 3100. The van der Waals surface area contributed by atoms with Gasteiger partial charge in [-0.05, 0) is 91.0 Å². The number of fused-ring (bicyclic) bond motifs is 4. The van der Waals surface area contributed by atoms with E-state index in [4.69, 9.17) is 9.97 Å². The van der Waals surface area contributed by atoms with Gasteiger partial charge in [-0.2, -0.15) is 0 Å². The Hall–Kier alpha value is -7.68. The summed E-state index contributed by atoms with van der Waals surface area (Å²) in [6, 6.07) is 83.0. The fourth-order valence-corrected chi connectivity index (χ4v) is 9.24. The van der Waals surface area contributed by atoms with Crippen LogP contribution in [0.1, 0.15) is 22.3 Å². The quantitative estimate of drug-likeness (QED) is 0.162. The molecule has 0 fully saturated rings. The predicted molar refractivity (Wildman–Crippen MR) is 244 cm³/mol. The van der Waals surface area contributed by atoms with Gasteiger partial charge in [-0.25, -0.2) is 9.97 Å². The third-order valence-corrected chi connectivity index (χ3v) is 12.0. The van der Waals surface area contributed by atoms with Crippen molar-refractivity contribution in [2.75, 3.05) is 0 Å². The summed E-state index contributed by atoms with van der Waals surface area (Å²) in [5.41, 5.74) is 18.2. The van der Waals surface area contributed by atoms with Gasteiger partial charge in [0.15, 0.2) is 5.82 Å². The first-order chi connectivity index (χ1) is 29.2. The summed E-state index contributed by atoms with van der Waals surface area (Å²) >= 11 is 0. The van der Waals surface area contributed by atoms with Gasteiger partial charge in [0.05, 0.1) is 16.6 Å². The molecule has 1 aromatic heterocycles. The van der Waals surface area contributed by atoms with Crippen molar-refractivity contribution in [2.24, 2.45) is 0 Å². The van der Waals surface area contributed by atoms with E-state index < -0.39 is 5.41 Å². The molecule has 9 aromatic carbocycles. The summed E-state index contributed by atoms with van der Waals surface area (Å²) in [7, 11) is 0. The van der Waals surface area contributed by atoms with Crippen molar-refractivity contribution in [1.29, 1.82) is 0 Å². The smallest absolute Gasteiger partial charge is 0.160 e. The SMILES string of the molecule is c1ccc(-c2ccc(-c3nc(-c4cccc(-c5cccc(-c6cccc(C7(c8ccccc8)c8ccccc8-c8ccccc87)c6)c5)c4)c4ccccc4n3)cc2)cc1. The molecule has 0 saturated carbocycles. The lowest BCUT2D eigenvalue weighted by Crippen LogP contribution is -2.28. The van der Waals surface area contributed by atoms with Gasteiger partial charge < -0.3 is 0 Å². The lowest BCUT2D eigenvalue weighted by molar-refractivity contribution is 0.769. The number of hydrogen-bond donors (Lipinski definition) is 0. The van der Waals surface area contributed by atoms with E-state index in [1.165, 1.54) is 55.6 Å². The highest BCUT2D eigenvalue weighted by atomic mass is 14.9. The summed E-state index contributed by atoms with van der Waals surface area (Å²) < 4.78 is 0. The molecule has 0 radical (unpaired) electrons. The van der Waals surface area contributed by atoms with Crippen LogP contribution in [0.5, 0.6) is 0 Å². The Balaban J connectivity index is 0.987. The summed E-state index contributed by atoms with van der Waals surface area (Å²) in [6.45, 7) is 0. The fraction of sp³-hybridized carbons (Fsp3) is 0.0175. The molecule has 1 aliphatic carbocycles. The van der Waals surface area contributed by atoms with Crippen LogP contribution in [0.2, 0.25) is 0 Å². The lowest BCUT2D eigenvalue weighted by atomic mass is 9.67. The van der Waals surface area contributed by atoms with Crippen molar-refractivity contribution in [3.8, 4) is 67.2 Å². The topological polar surface area (TPSA) is 25.8 Å². The molecule has 2 nitrogen and oxygen atoms in total. The summed E-state index contributed by atoms with van der Waals surface area (Å²) in [4.78, 5) is 10.3.